The van der Waals surface area contributed by atoms with E-state index in [-0.39, 0.29) is 5.75 Å². The molecule has 2 fully saturated rings. The van der Waals surface area contributed by atoms with Crippen molar-refractivity contribution >= 4 is 29.2 Å². The number of ether oxygens (including phenoxy) is 1. The highest BCUT2D eigenvalue weighted by molar-refractivity contribution is 6.24. The first-order valence-electron chi connectivity index (χ1n) is 10.4. The van der Waals surface area contributed by atoms with Gasteiger partial charge in [-0.3, -0.25) is 14.4 Å². The fourth-order valence-corrected chi connectivity index (χ4v) is 4.34. The van der Waals surface area contributed by atoms with Gasteiger partial charge in [-0.05, 0) is 54.1 Å². The summed E-state index contributed by atoms with van der Waals surface area (Å²) in [6.07, 6.45) is -1.00. The van der Waals surface area contributed by atoms with Crippen LogP contribution in [0.15, 0.2) is 78.9 Å². The molecule has 2 aliphatic heterocycles. The minimum atomic E-state index is -1.00. The fourth-order valence-electron chi connectivity index (χ4n) is 4.34. The number of phenolic OH excluding ortho intramolecular Hbond substituents is 1. The summed E-state index contributed by atoms with van der Waals surface area (Å²) in [7, 11) is 1.28. The summed E-state index contributed by atoms with van der Waals surface area (Å²) in [4.78, 5) is 45.7. The molecule has 0 aromatic heterocycles. The fraction of sp³-hybridized carbons (Fsp3) is 0.160. The number of aromatic hydroxyl groups is 1. The molecule has 8 heteroatoms. The third kappa shape index (κ3) is 3.41. The first-order valence-corrected chi connectivity index (χ1v) is 10.4. The Bertz CT molecular complexity index is 1210. The number of amides is 2. The summed E-state index contributed by atoms with van der Waals surface area (Å²) in [6.45, 7) is 0. The number of carbonyl (C=O) groups excluding carboxylic acids is 3. The summed E-state index contributed by atoms with van der Waals surface area (Å²) >= 11 is 0. The number of carbonyl (C=O) groups is 3. The molecular formula is C25H20N2O6. The molecular weight excluding hydrogens is 424 g/mol. The van der Waals surface area contributed by atoms with Crippen LogP contribution >= 0.6 is 0 Å². The minimum absolute atomic E-state index is 0.0987. The zero-order valence-electron chi connectivity index (χ0n) is 17.6. The largest absolute Gasteiger partial charge is 0.508 e. The van der Waals surface area contributed by atoms with Crippen LogP contribution in [0.4, 0.5) is 11.4 Å². The molecule has 0 spiro atoms. The van der Waals surface area contributed by atoms with Crippen molar-refractivity contribution in [1.82, 2.24) is 0 Å². The van der Waals surface area contributed by atoms with E-state index in [1.165, 1.54) is 43.5 Å². The van der Waals surface area contributed by atoms with Gasteiger partial charge in [0.25, 0.3) is 5.91 Å². The molecule has 2 saturated heterocycles. The van der Waals surface area contributed by atoms with Gasteiger partial charge in [-0.15, -0.1) is 0 Å². The van der Waals surface area contributed by atoms with Gasteiger partial charge >= 0.3 is 5.97 Å². The molecule has 2 amide bonds. The maximum Gasteiger partial charge on any atom is 0.337 e. The second kappa shape index (κ2) is 8.07. The van der Waals surface area contributed by atoms with Crippen LogP contribution in [-0.2, 0) is 19.2 Å². The highest BCUT2D eigenvalue weighted by Crippen LogP contribution is 2.47. The summed E-state index contributed by atoms with van der Waals surface area (Å²) in [6, 6.07) is 21.3. The van der Waals surface area contributed by atoms with Crippen molar-refractivity contribution in [2.75, 3.05) is 17.1 Å². The third-order valence-corrected chi connectivity index (χ3v) is 5.91. The van der Waals surface area contributed by atoms with Gasteiger partial charge in [-0.1, -0.05) is 30.3 Å². The monoisotopic (exact) mass is 444 g/mol. The topological polar surface area (TPSA) is 96.4 Å². The lowest BCUT2D eigenvalue weighted by atomic mass is 9.90. The van der Waals surface area contributed by atoms with E-state index in [4.69, 9.17) is 9.57 Å². The number of methoxy groups -OCH3 is 1. The SMILES string of the molecule is COC(=O)c1ccc(N2C(=O)[C@@H]3[C@H](ON(c4ccccc4)[C@H]3c3ccc(O)cc3)C2=O)cc1. The molecule has 33 heavy (non-hydrogen) atoms. The van der Waals surface area contributed by atoms with E-state index in [1.807, 2.05) is 30.3 Å². The number of hydroxylamine groups is 1. The smallest absolute Gasteiger partial charge is 0.337 e. The van der Waals surface area contributed by atoms with E-state index in [9.17, 15) is 19.5 Å². The van der Waals surface area contributed by atoms with E-state index in [0.29, 0.717) is 16.9 Å². The van der Waals surface area contributed by atoms with Gasteiger partial charge in [0.15, 0.2) is 6.10 Å². The van der Waals surface area contributed by atoms with Crippen LogP contribution < -0.4 is 9.96 Å². The summed E-state index contributed by atoms with van der Waals surface area (Å²) in [5.74, 6) is -2.07. The van der Waals surface area contributed by atoms with Crippen molar-refractivity contribution in [3.8, 4) is 5.75 Å². The second-order valence-corrected chi connectivity index (χ2v) is 7.80. The Kier molecular flexibility index (Phi) is 5.07. The number of hydrogen-bond acceptors (Lipinski definition) is 7. The number of rotatable bonds is 4. The Hall–Kier alpha value is -4.17. The number of nitrogens with zero attached hydrogens (tertiary/aromatic N) is 2. The van der Waals surface area contributed by atoms with Crippen LogP contribution in [0.25, 0.3) is 0 Å². The number of para-hydroxylation sites is 1. The van der Waals surface area contributed by atoms with E-state index in [2.05, 4.69) is 0 Å². The number of phenols is 1. The van der Waals surface area contributed by atoms with Gasteiger partial charge in [-0.25, -0.2) is 14.8 Å². The lowest BCUT2D eigenvalue weighted by Crippen LogP contribution is -2.37. The molecule has 5 rings (SSSR count). The molecule has 3 aromatic carbocycles. The molecule has 2 aliphatic rings. The maximum absolute atomic E-state index is 13.6. The normalized spacial score (nSPS) is 21.9. The van der Waals surface area contributed by atoms with Gasteiger partial charge in [0.05, 0.1) is 30.1 Å². The zero-order chi connectivity index (χ0) is 23.1. The Balaban J connectivity index is 1.53. The van der Waals surface area contributed by atoms with Gasteiger partial charge in [0.2, 0.25) is 5.91 Å². The number of esters is 1. The Labute approximate surface area is 189 Å². The number of imide groups is 1. The molecule has 0 bridgehead atoms. The summed E-state index contributed by atoms with van der Waals surface area (Å²) < 4.78 is 4.70. The van der Waals surface area contributed by atoms with Crippen LogP contribution in [0.3, 0.4) is 0 Å². The van der Waals surface area contributed by atoms with Crippen LogP contribution in [0.1, 0.15) is 22.0 Å². The minimum Gasteiger partial charge on any atom is -0.508 e. The third-order valence-electron chi connectivity index (χ3n) is 5.91. The summed E-state index contributed by atoms with van der Waals surface area (Å²) in [5.41, 5.74) is 2.10. The van der Waals surface area contributed by atoms with E-state index in [1.54, 1.807) is 17.2 Å². The molecule has 3 aromatic rings. The van der Waals surface area contributed by atoms with Gasteiger partial charge < -0.3 is 9.84 Å². The predicted molar refractivity (Wildman–Crippen MR) is 118 cm³/mol. The Morgan fingerprint density at radius 1 is 0.879 bits per heavy atom. The Morgan fingerprint density at radius 2 is 1.55 bits per heavy atom. The van der Waals surface area contributed by atoms with Gasteiger partial charge in [-0.2, -0.15) is 0 Å². The molecule has 8 nitrogen and oxygen atoms in total. The van der Waals surface area contributed by atoms with Crippen molar-refractivity contribution in [1.29, 1.82) is 0 Å². The highest BCUT2D eigenvalue weighted by atomic mass is 16.7. The number of hydrogen-bond donors (Lipinski definition) is 1. The lowest BCUT2D eigenvalue weighted by Gasteiger charge is -2.28. The lowest BCUT2D eigenvalue weighted by molar-refractivity contribution is -0.126. The van der Waals surface area contributed by atoms with Crippen molar-refractivity contribution in [3.05, 3.63) is 90.0 Å². The molecule has 0 aliphatic carbocycles. The molecule has 3 atom stereocenters. The van der Waals surface area contributed by atoms with Gasteiger partial charge in [0, 0.05) is 0 Å². The van der Waals surface area contributed by atoms with E-state index in [0.717, 1.165) is 10.5 Å². The summed E-state index contributed by atoms with van der Waals surface area (Å²) in [5, 5.41) is 11.3. The standard InChI is InChI=1S/C25H20N2O6/c1-32-25(31)16-7-11-17(12-8-16)26-23(29)20-21(15-9-13-19(28)14-10-15)27(33-22(20)24(26)30)18-5-3-2-4-6-18/h2-14,20-22,28H,1H3/t20-,21-,22-/m0/s1. The maximum atomic E-state index is 13.6. The van der Waals surface area contributed by atoms with E-state index < -0.39 is 35.8 Å². The Morgan fingerprint density at radius 3 is 2.18 bits per heavy atom. The molecule has 1 N–H and O–H groups in total. The van der Waals surface area contributed by atoms with Crippen LogP contribution in [-0.4, -0.2) is 36.1 Å². The van der Waals surface area contributed by atoms with E-state index >= 15 is 0 Å². The van der Waals surface area contributed by atoms with Crippen molar-refractivity contribution in [2.24, 2.45) is 5.92 Å². The molecule has 0 radical (unpaired) electrons. The highest BCUT2D eigenvalue weighted by Gasteiger charge is 2.60. The molecule has 0 unspecified atom stereocenters. The van der Waals surface area contributed by atoms with Crippen LogP contribution in [0.2, 0.25) is 0 Å². The average molecular weight is 444 g/mol. The predicted octanol–water partition coefficient (Wildman–Crippen LogP) is 3.23. The first-order chi connectivity index (χ1) is 16.0. The van der Waals surface area contributed by atoms with Gasteiger partial charge in [0.1, 0.15) is 11.7 Å². The van der Waals surface area contributed by atoms with Crippen molar-refractivity contribution in [3.63, 3.8) is 0 Å². The number of anilines is 2. The van der Waals surface area contributed by atoms with Crippen LogP contribution in [0.5, 0.6) is 5.75 Å². The number of fused-ring (bicyclic) bond motifs is 1. The second-order valence-electron chi connectivity index (χ2n) is 7.80. The quantitative estimate of drug-likeness (QED) is 0.488. The first kappa shape index (κ1) is 20.7. The van der Waals surface area contributed by atoms with Crippen molar-refractivity contribution in [2.45, 2.75) is 12.1 Å². The average Bonchev–Trinajstić information content (AvgIpc) is 3.36. The molecule has 2 heterocycles. The zero-order valence-corrected chi connectivity index (χ0v) is 17.6. The number of benzene rings is 3. The van der Waals surface area contributed by atoms with Crippen LogP contribution in [0, 0.1) is 5.92 Å². The molecule has 0 saturated carbocycles. The van der Waals surface area contributed by atoms with Crippen molar-refractivity contribution < 1.29 is 29.1 Å². The molecule has 166 valence electrons.